The van der Waals surface area contributed by atoms with Crippen LogP contribution in [0.4, 0.5) is 22.4 Å². The highest BCUT2D eigenvalue weighted by Crippen LogP contribution is 2.48. The van der Waals surface area contributed by atoms with Gasteiger partial charge in [-0.1, -0.05) is 44.2 Å². The SMILES string of the molecule is CC1CCC=CC2CC2(C(=O)NS(=O)(=O)C2(CF)CC2)NC(=O)C2CC(Oc3nc(OC(C)C)cc4ccccc34)CN2C(=O)C(NC(=O)OC(C)(C)C(F)(F)F)C(C)C1. The summed E-state index contributed by atoms with van der Waals surface area (Å²) in [6.45, 7) is 7.12. The molecule has 2 aliphatic heterocycles. The first kappa shape index (κ1) is 44.9. The van der Waals surface area contributed by atoms with Gasteiger partial charge in [-0.3, -0.25) is 19.1 Å². The normalized spacial score (nSPS) is 28.4. The number of aromatic nitrogens is 1. The number of pyridine rings is 1. The van der Waals surface area contributed by atoms with Gasteiger partial charge in [0, 0.05) is 23.8 Å². The van der Waals surface area contributed by atoms with Crippen molar-refractivity contribution < 1.29 is 59.4 Å². The van der Waals surface area contributed by atoms with Gasteiger partial charge in [0.25, 0.3) is 5.91 Å². The summed E-state index contributed by atoms with van der Waals surface area (Å²) in [5, 5.41) is 6.41. The van der Waals surface area contributed by atoms with E-state index in [-0.39, 0.29) is 56.0 Å². The molecule has 0 spiro atoms. The molecular formula is C41H53F4N5O9S. The van der Waals surface area contributed by atoms with E-state index in [0.29, 0.717) is 38.5 Å². The van der Waals surface area contributed by atoms with Gasteiger partial charge >= 0.3 is 12.3 Å². The number of alkyl halides is 4. The van der Waals surface area contributed by atoms with Crippen LogP contribution in [-0.4, -0.2) is 102 Å². The molecule has 330 valence electrons. The van der Waals surface area contributed by atoms with E-state index in [1.54, 1.807) is 31.2 Å². The third-order valence-corrected chi connectivity index (χ3v) is 14.0. The minimum atomic E-state index is -4.93. The van der Waals surface area contributed by atoms with Crippen molar-refractivity contribution in [2.45, 2.75) is 133 Å². The van der Waals surface area contributed by atoms with Crippen molar-refractivity contribution in [3.05, 3.63) is 42.5 Å². The molecule has 3 fully saturated rings. The second-order valence-corrected chi connectivity index (χ2v) is 19.6. The lowest BCUT2D eigenvalue weighted by Crippen LogP contribution is -2.60. The number of hydrogen-bond acceptors (Lipinski definition) is 10. The number of alkyl carbamates (subject to hydrolysis) is 1. The molecule has 19 heteroatoms. The minimum absolute atomic E-state index is 0.00989. The van der Waals surface area contributed by atoms with Crippen LogP contribution in [0.5, 0.6) is 11.8 Å². The molecule has 14 nitrogen and oxygen atoms in total. The molecule has 4 aliphatic rings. The number of halogens is 4. The number of ether oxygens (including phenoxy) is 3. The van der Waals surface area contributed by atoms with Gasteiger partial charge in [-0.15, -0.1) is 0 Å². The molecule has 60 heavy (non-hydrogen) atoms. The van der Waals surface area contributed by atoms with Crippen molar-refractivity contribution in [1.82, 2.24) is 25.2 Å². The Balaban J connectivity index is 1.37. The third kappa shape index (κ3) is 9.29. The zero-order valence-electron chi connectivity index (χ0n) is 34.4. The van der Waals surface area contributed by atoms with Crippen molar-refractivity contribution >= 4 is 44.6 Å². The average molecular weight is 868 g/mol. The summed E-state index contributed by atoms with van der Waals surface area (Å²) < 4.78 is 99.0. The molecule has 4 amide bonds. The average Bonchev–Trinajstić information content (AvgIpc) is 4.05. The van der Waals surface area contributed by atoms with Crippen molar-refractivity contribution in [2.24, 2.45) is 17.8 Å². The molecule has 2 aromatic rings. The molecule has 3 heterocycles. The van der Waals surface area contributed by atoms with E-state index in [1.807, 2.05) is 43.7 Å². The first-order valence-corrected chi connectivity index (χ1v) is 21.7. The maximum absolute atomic E-state index is 14.8. The Bertz CT molecular complexity index is 2130. The Morgan fingerprint density at radius 1 is 1.10 bits per heavy atom. The fourth-order valence-corrected chi connectivity index (χ4v) is 9.32. The zero-order valence-corrected chi connectivity index (χ0v) is 35.3. The van der Waals surface area contributed by atoms with E-state index < -0.39 is 92.6 Å². The molecule has 0 bridgehead atoms. The van der Waals surface area contributed by atoms with Gasteiger partial charge in [0.1, 0.15) is 35.1 Å². The summed E-state index contributed by atoms with van der Waals surface area (Å²) in [4.78, 5) is 62.2. The van der Waals surface area contributed by atoms with Crippen molar-refractivity contribution in [3.8, 4) is 11.8 Å². The second-order valence-electron chi connectivity index (χ2n) is 17.5. The van der Waals surface area contributed by atoms with Crippen LogP contribution < -0.4 is 24.8 Å². The Morgan fingerprint density at radius 2 is 1.80 bits per heavy atom. The van der Waals surface area contributed by atoms with Gasteiger partial charge in [0.05, 0.1) is 12.6 Å². The monoisotopic (exact) mass is 867 g/mol. The van der Waals surface area contributed by atoms with Crippen LogP contribution in [0.1, 0.15) is 86.5 Å². The number of carbonyl (C=O) groups excluding carboxylic acids is 4. The van der Waals surface area contributed by atoms with E-state index >= 15 is 0 Å². The Hall–Kier alpha value is -4.68. The van der Waals surface area contributed by atoms with Crippen molar-refractivity contribution in [3.63, 3.8) is 0 Å². The maximum atomic E-state index is 14.8. The lowest BCUT2D eigenvalue weighted by atomic mass is 9.88. The first-order valence-electron chi connectivity index (χ1n) is 20.2. The molecule has 1 saturated heterocycles. The van der Waals surface area contributed by atoms with Gasteiger partial charge in [-0.05, 0) is 89.5 Å². The van der Waals surface area contributed by atoms with Gasteiger partial charge < -0.3 is 29.7 Å². The van der Waals surface area contributed by atoms with E-state index in [1.165, 1.54) is 0 Å². The molecule has 0 radical (unpaired) electrons. The third-order valence-electron chi connectivity index (χ3n) is 11.9. The molecule has 1 aromatic heterocycles. The summed E-state index contributed by atoms with van der Waals surface area (Å²) in [7, 11) is -4.47. The highest BCUT2D eigenvalue weighted by molar-refractivity contribution is 7.91. The summed E-state index contributed by atoms with van der Waals surface area (Å²) in [6, 6.07) is 6.05. The predicted octanol–water partition coefficient (Wildman–Crippen LogP) is 5.64. The van der Waals surface area contributed by atoms with Crippen LogP contribution in [0.15, 0.2) is 42.5 Å². The first-order chi connectivity index (χ1) is 28.0. The van der Waals surface area contributed by atoms with Crippen LogP contribution in [0.2, 0.25) is 0 Å². The van der Waals surface area contributed by atoms with E-state index in [4.69, 9.17) is 14.2 Å². The summed E-state index contributed by atoms with van der Waals surface area (Å²) in [6.07, 6.45) is -2.79. The lowest BCUT2D eigenvalue weighted by Gasteiger charge is -2.34. The van der Waals surface area contributed by atoms with Crippen LogP contribution in [0.3, 0.4) is 0 Å². The minimum Gasteiger partial charge on any atom is -0.475 e. The summed E-state index contributed by atoms with van der Waals surface area (Å²) in [5.74, 6) is -3.73. The van der Waals surface area contributed by atoms with Crippen LogP contribution >= 0.6 is 0 Å². The van der Waals surface area contributed by atoms with Crippen molar-refractivity contribution in [2.75, 3.05) is 13.2 Å². The molecule has 2 aliphatic carbocycles. The largest absolute Gasteiger partial charge is 0.475 e. The smallest absolute Gasteiger partial charge is 0.427 e. The highest BCUT2D eigenvalue weighted by Gasteiger charge is 2.64. The molecular weight excluding hydrogens is 815 g/mol. The summed E-state index contributed by atoms with van der Waals surface area (Å²) >= 11 is 0. The molecule has 7 unspecified atom stereocenters. The van der Waals surface area contributed by atoms with Gasteiger partial charge in [-0.2, -0.15) is 18.2 Å². The fourth-order valence-electron chi connectivity index (χ4n) is 7.89. The number of carbonyl (C=O) groups is 4. The van der Waals surface area contributed by atoms with E-state index in [2.05, 4.69) is 15.6 Å². The Morgan fingerprint density at radius 3 is 2.45 bits per heavy atom. The number of nitrogens with one attached hydrogen (secondary N) is 3. The predicted molar refractivity (Wildman–Crippen MR) is 211 cm³/mol. The van der Waals surface area contributed by atoms with Crippen LogP contribution in [0, 0.1) is 17.8 Å². The number of nitrogens with zero attached hydrogens (tertiary/aromatic N) is 2. The molecule has 2 saturated carbocycles. The molecule has 6 rings (SSSR count). The quantitative estimate of drug-likeness (QED) is 0.200. The standard InChI is InChI=1S/C41H53F4N5O9S/c1-23(2)57-31-18-26-12-8-10-14-29(26)34(46-31)58-28-19-30-33(51)48-40(36(53)49-60(55,56)39(22-42)15-16-39)20-27(40)13-9-7-11-24(3)17-25(4)32(35(52)50(30)21-28)47-37(54)59-38(5,6)41(43,44)45/h8-10,12-14,18,23-25,27-28,30,32H,7,11,15-17,19-22H2,1-6H3,(H,47,54)(H,48,51)(H,49,53). The summed E-state index contributed by atoms with van der Waals surface area (Å²) in [5.41, 5.74) is -4.68. The van der Waals surface area contributed by atoms with Gasteiger partial charge in [0.15, 0.2) is 0 Å². The number of amides is 4. The van der Waals surface area contributed by atoms with E-state index in [9.17, 15) is 45.2 Å². The van der Waals surface area contributed by atoms with E-state index in [0.717, 1.165) is 10.3 Å². The maximum Gasteiger partial charge on any atom is 0.427 e. The molecule has 1 aromatic carbocycles. The number of fused-ring (bicyclic) bond motifs is 3. The fraction of sp³-hybridized carbons (Fsp3) is 0.634. The number of rotatable bonds is 10. The Kier molecular flexibility index (Phi) is 12.4. The molecule has 3 N–H and O–H groups in total. The highest BCUT2D eigenvalue weighted by atomic mass is 32.2. The zero-order chi connectivity index (χ0) is 44.0. The topological polar surface area (TPSA) is 182 Å². The Labute approximate surface area is 346 Å². The number of sulfonamides is 1. The number of benzene rings is 1. The van der Waals surface area contributed by atoms with Crippen LogP contribution in [0.25, 0.3) is 10.8 Å². The van der Waals surface area contributed by atoms with Crippen LogP contribution in [-0.2, 0) is 29.1 Å². The number of allylic oxidation sites excluding steroid dienone is 1. The molecule has 7 atom stereocenters. The second kappa shape index (κ2) is 16.6. The number of hydrogen-bond donors (Lipinski definition) is 3. The lowest BCUT2D eigenvalue weighted by molar-refractivity contribution is -0.244. The van der Waals surface area contributed by atoms with Gasteiger partial charge in [-0.25, -0.2) is 17.6 Å². The van der Waals surface area contributed by atoms with Crippen molar-refractivity contribution in [1.29, 1.82) is 0 Å². The van der Waals surface area contributed by atoms with Gasteiger partial charge in [0.2, 0.25) is 39.2 Å².